The minimum atomic E-state index is -0.185. The van der Waals surface area contributed by atoms with E-state index in [0.29, 0.717) is 11.0 Å². The van der Waals surface area contributed by atoms with Crippen molar-refractivity contribution in [2.75, 3.05) is 5.73 Å². The summed E-state index contributed by atoms with van der Waals surface area (Å²) < 4.78 is 4.31. The van der Waals surface area contributed by atoms with Gasteiger partial charge in [-0.15, -0.1) is 0 Å². The van der Waals surface area contributed by atoms with Gasteiger partial charge >= 0.3 is 0 Å². The van der Waals surface area contributed by atoms with Crippen LogP contribution in [0.5, 0.6) is 0 Å². The molecule has 5 nitrogen and oxygen atoms in total. The number of halogens is 1. The molecular formula is C15H15BrN4O. The van der Waals surface area contributed by atoms with E-state index in [9.17, 15) is 4.79 Å². The second-order valence-electron chi connectivity index (χ2n) is 4.84. The highest BCUT2D eigenvalue weighted by atomic mass is 79.9. The highest BCUT2D eigenvalue weighted by molar-refractivity contribution is 9.10. The molecule has 0 fully saturated rings. The molecule has 2 aromatic heterocycles. The topological polar surface area (TPSA) is 65.8 Å². The number of hydrogen-bond acceptors (Lipinski definition) is 3. The summed E-state index contributed by atoms with van der Waals surface area (Å²) in [6.07, 6.45) is 3.38. The van der Waals surface area contributed by atoms with Gasteiger partial charge in [-0.2, -0.15) is 5.10 Å². The zero-order chi connectivity index (χ0) is 15.0. The molecule has 0 radical (unpaired) electrons. The smallest absolute Gasteiger partial charge is 0.218 e. The van der Waals surface area contributed by atoms with Crippen molar-refractivity contribution in [3.8, 4) is 0 Å². The maximum Gasteiger partial charge on any atom is 0.218 e. The van der Waals surface area contributed by atoms with E-state index >= 15 is 0 Å². The number of nitrogen functional groups attached to an aromatic ring is 1. The molecule has 6 heteroatoms. The standard InChI is InChI=1S/C15H15BrN4O/c1-2-20-14-6-4-3-5-10(14)13(18-20)9-19-7-11(16)15(21)12(17)8-19/h3-8H,2,9,17H2,1H3. The molecule has 0 spiro atoms. The lowest BCUT2D eigenvalue weighted by Crippen LogP contribution is -2.13. The molecule has 0 saturated carbocycles. The molecule has 3 aromatic rings. The fourth-order valence-corrected chi connectivity index (χ4v) is 2.93. The Balaban J connectivity index is 2.08. The van der Waals surface area contributed by atoms with E-state index in [1.165, 1.54) is 0 Å². The van der Waals surface area contributed by atoms with Crippen molar-refractivity contribution in [3.63, 3.8) is 0 Å². The van der Waals surface area contributed by atoms with Crippen LogP contribution in [-0.2, 0) is 13.1 Å². The minimum absolute atomic E-state index is 0.185. The Kier molecular flexibility index (Phi) is 3.55. The van der Waals surface area contributed by atoms with Crippen molar-refractivity contribution >= 4 is 32.5 Å². The Labute approximate surface area is 130 Å². The van der Waals surface area contributed by atoms with Gasteiger partial charge in [0, 0.05) is 24.3 Å². The Hall–Kier alpha value is -2.08. The number of benzene rings is 1. The lowest BCUT2D eigenvalue weighted by atomic mass is 10.2. The largest absolute Gasteiger partial charge is 0.394 e. The van der Waals surface area contributed by atoms with Gasteiger partial charge in [-0.05, 0) is 28.9 Å². The van der Waals surface area contributed by atoms with E-state index in [2.05, 4.69) is 40.1 Å². The zero-order valence-electron chi connectivity index (χ0n) is 11.6. The molecule has 3 rings (SSSR count). The predicted molar refractivity (Wildman–Crippen MR) is 87.3 cm³/mol. The fourth-order valence-electron chi connectivity index (χ4n) is 2.43. The SMILES string of the molecule is CCn1nc(Cn2cc(N)c(=O)c(Br)c2)c2ccccc21. The molecule has 0 aliphatic rings. The van der Waals surface area contributed by atoms with Crippen LogP contribution in [0.25, 0.3) is 10.9 Å². The fraction of sp³-hybridized carbons (Fsp3) is 0.200. The van der Waals surface area contributed by atoms with E-state index in [4.69, 9.17) is 5.73 Å². The molecule has 2 N–H and O–H groups in total. The second kappa shape index (κ2) is 5.37. The number of fused-ring (bicyclic) bond motifs is 1. The molecule has 0 unspecified atom stereocenters. The van der Waals surface area contributed by atoms with Crippen LogP contribution in [-0.4, -0.2) is 14.3 Å². The summed E-state index contributed by atoms with van der Waals surface area (Å²) in [6, 6.07) is 8.13. The quantitative estimate of drug-likeness (QED) is 0.792. The summed E-state index contributed by atoms with van der Waals surface area (Å²) in [5.74, 6) is 0. The molecule has 0 saturated heterocycles. The highest BCUT2D eigenvalue weighted by Crippen LogP contribution is 2.19. The van der Waals surface area contributed by atoms with E-state index < -0.39 is 0 Å². The molecule has 1 aromatic carbocycles. The average molecular weight is 347 g/mol. The maximum absolute atomic E-state index is 11.6. The molecule has 0 aliphatic heterocycles. The predicted octanol–water partition coefficient (Wildman–Crippen LogP) is 2.61. The van der Waals surface area contributed by atoms with Gasteiger partial charge in [0.05, 0.1) is 27.9 Å². The third-order valence-electron chi connectivity index (χ3n) is 3.43. The Bertz CT molecular complexity index is 839. The van der Waals surface area contributed by atoms with Crippen molar-refractivity contribution in [1.82, 2.24) is 14.3 Å². The van der Waals surface area contributed by atoms with Crippen LogP contribution >= 0.6 is 15.9 Å². The van der Waals surface area contributed by atoms with Gasteiger partial charge in [0.2, 0.25) is 5.43 Å². The van der Waals surface area contributed by atoms with Crippen LogP contribution in [0, 0.1) is 0 Å². The number of nitrogens with zero attached hydrogens (tertiary/aromatic N) is 3. The van der Waals surface area contributed by atoms with E-state index in [0.717, 1.165) is 23.1 Å². The minimum Gasteiger partial charge on any atom is -0.394 e. The van der Waals surface area contributed by atoms with Crippen molar-refractivity contribution in [2.24, 2.45) is 0 Å². The maximum atomic E-state index is 11.6. The average Bonchev–Trinajstić information content (AvgIpc) is 2.83. The molecular weight excluding hydrogens is 332 g/mol. The summed E-state index contributed by atoms with van der Waals surface area (Å²) in [4.78, 5) is 11.6. The third-order valence-corrected chi connectivity index (χ3v) is 3.99. The van der Waals surface area contributed by atoms with Gasteiger partial charge in [-0.25, -0.2) is 0 Å². The van der Waals surface area contributed by atoms with Crippen LogP contribution < -0.4 is 11.2 Å². The first-order chi connectivity index (χ1) is 10.1. The Morgan fingerprint density at radius 2 is 2.05 bits per heavy atom. The van der Waals surface area contributed by atoms with Crippen LogP contribution in [0.3, 0.4) is 0 Å². The molecule has 0 bridgehead atoms. The summed E-state index contributed by atoms with van der Waals surface area (Å²) in [5.41, 5.74) is 7.85. The number of para-hydroxylation sites is 1. The number of aryl methyl sites for hydroxylation is 1. The van der Waals surface area contributed by atoms with Gasteiger partial charge in [0.1, 0.15) is 0 Å². The van der Waals surface area contributed by atoms with Gasteiger partial charge in [0.25, 0.3) is 0 Å². The van der Waals surface area contributed by atoms with Crippen molar-refractivity contribution in [3.05, 3.63) is 57.0 Å². The normalized spacial score (nSPS) is 11.1. The Morgan fingerprint density at radius 1 is 1.29 bits per heavy atom. The third kappa shape index (κ3) is 2.47. The first-order valence-corrected chi connectivity index (χ1v) is 7.49. The van der Waals surface area contributed by atoms with E-state index in [1.807, 2.05) is 21.4 Å². The summed E-state index contributed by atoms with van der Waals surface area (Å²) in [6.45, 7) is 3.45. The number of anilines is 1. The number of nitrogens with two attached hydrogens (primary N) is 1. The lowest BCUT2D eigenvalue weighted by molar-refractivity contribution is 0.652. The van der Waals surface area contributed by atoms with Crippen LogP contribution in [0.15, 0.2) is 45.9 Å². The van der Waals surface area contributed by atoms with Crippen LogP contribution in [0.4, 0.5) is 5.69 Å². The van der Waals surface area contributed by atoms with Crippen molar-refractivity contribution in [1.29, 1.82) is 0 Å². The zero-order valence-corrected chi connectivity index (χ0v) is 13.2. The molecule has 108 valence electrons. The molecule has 21 heavy (non-hydrogen) atoms. The van der Waals surface area contributed by atoms with Crippen LogP contribution in [0.1, 0.15) is 12.6 Å². The van der Waals surface area contributed by atoms with E-state index in [-0.39, 0.29) is 11.1 Å². The molecule has 0 amide bonds. The van der Waals surface area contributed by atoms with Gasteiger partial charge in [0.15, 0.2) is 0 Å². The highest BCUT2D eigenvalue weighted by Gasteiger charge is 2.10. The lowest BCUT2D eigenvalue weighted by Gasteiger charge is -2.06. The molecule has 2 heterocycles. The first kappa shape index (κ1) is 13.9. The van der Waals surface area contributed by atoms with Crippen molar-refractivity contribution in [2.45, 2.75) is 20.0 Å². The molecule has 0 atom stereocenters. The Morgan fingerprint density at radius 3 is 2.76 bits per heavy atom. The van der Waals surface area contributed by atoms with E-state index in [1.54, 1.807) is 12.4 Å². The number of rotatable bonds is 3. The van der Waals surface area contributed by atoms with Crippen LogP contribution in [0.2, 0.25) is 0 Å². The second-order valence-corrected chi connectivity index (χ2v) is 5.70. The first-order valence-electron chi connectivity index (χ1n) is 6.69. The van der Waals surface area contributed by atoms with Crippen molar-refractivity contribution < 1.29 is 0 Å². The van der Waals surface area contributed by atoms with Gasteiger partial charge in [-0.3, -0.25) is 9.48 Å². The number of aromatic nitrogens is 3. The summed E-state index contributed by atoms with van der Waals surface area (Å²) in [7, 11) is 0. The number of pyridine rings is 1. The summed E-state index contributed by atoms with van der Waals surface area (Å²) in [5, 5.41) is 5.76. The number of hydrogen-bond donors (Lipinski definition) is 1. The van der Waals surface area contributed by atoms with Gasteiger partial charge in [-0.1, -0.05) is 18.2 Å². The monoisotopic (exact) mass is 346 g/mol. The van der Waals surface area contributed by atoms with Gasteiger partial charge < -0.3 is 10.3 Å². The molecule has 0 aliphatic carbocycles. The summed E-state index contributed by atoms with van der Waals surface area (Å²) >= 11 is 3.24.